The number of hydrogen-bond donors (Lipinski definition) is 1. The van der Waals surface area contributed by atoms with Gasteiger partial charge >= 0.3 is 12.1 Å². The number of carbonyl (C=O) groups is 3. The molecule has 0 atom stereocenters. The van der Waals surface area contributed by atoms with Crippen LogP contribution in [-0.4, -0.2) is 73.5 Å². The van der Waals surface area contributed by atoms with Crippen LogP contribution in [-0.2, 0) is 16.1 Å². The average Bonchev–Trinajstić information content (AvgIpc) is 3.10. The van der Waals surface area contributed by atoms with Gasteiger partial charge in [-0.2, -0.15) is 13.2 Å². The van der Waals surface area contributed by atoms with Crippen LogP contribution in [0, 0.1) is 5.41 Å². The van der Waals surface area contributed by atoms with Crippen LogP contribution in [0.3, 0.4) is 0 Å². The molecule has 12 heteroatoms. The van der Waals surface area contributed by atoms with E-state index >= 15 is 0 Å². The van der Waals surface area contributed by atoms with Crippen molar-refractivity contribution < 1.29 is 32.7 Å². The lowest BCUT2D eigenvalue weighted by molar-refractivity contribution is -0.192. The van der Waals surface area contributed by atoms with Crippen LogP contribution in [0.15, 0.2) is 43.0 Å². The van der Waals surface area contributed by atoms with Crippen molar-refractivity contribution in [2.75, 3.05) is 19.6 Å². The van der Waals surface area contributed by atoms with E-state index in [0.717, 1.165) is 18.7 Å². The fraction of sp³-hybridized carbons (Fsp3) is 0.429. The number of piperidine rings is 1. The number of aliphatic carboxylic acids is 1. The quantitative estimate of drug-likeness (QED) is 0.738. The first kappa shape index (κ1) is 24.1. The molecule has 2 aliphatic rings. The van der Waals surface area contributed by atoms with Crippen LogP contribution in [0.2, 0.25) is 0 Å². The van der Waals surface area contributed by atoms with Crippen LogP contribution in [0.4, 0.5) is 13.2 Å². The predicted molar refractivity (Wildman–Crippen MR) is 108 cm³/mol. The molecule has 2 fully saturated rings. The molecule has 1 N–H and O–H groups in total. The number of likely N-dealkylation sites (tertiary alicyclic amines) is 2. The molecule has 0 saturated carbocycles. The summed E-state index contributed by atoms with van der Waals surface area (Å²) in [5.41, 5.74) is 0.944. The van der Waals surface area contributed by atoms with Gasteiger partial charge in [0.2, 0.25) is 5.91 Å². The Hall–Kier alpha value is -3.57. The van der Waals surface area contributed by atoms with Gasteiger partial charge in [0.05, 0.1) is 23.9 Å². The van der Waals surface area contributed by atoms with Crippen LogP contribution in [0.25, 0.3) is 0 Å². The van der Waals surface area contributed by atoms with E-state index in [-0.39, 0.29) is 17.2 Å². The third-order valence-electron chi connectivity index (χ3n) is 5.71. The monoisotopic (exact) mass is 465 g/mol. The van der Waals surface area contributed by atoms with E-state index < -0.39 is 12.1 Å². The molecule has 0 radical (unpaired) electrons. The molecular weight excluding hydrogens is 443 g/mol. The van der Waals surface area contributed by atoms with Gasteiger partial charge in [-0.3, -0.25) is 19.6 Å². The topological polar surface area (TPSA) is 117 Å². The molecule has 33 heavy (non-hydrogen) atoms. The molecule has 2 aromatic rings. The molecular formula is C21H22F3N5O4. The molecule has 0 unspecified atom stereocenters. The number of rotatable bonds is 3. The minimum absolute atomic E-state index is 0.108. The minimum Gasteiger partial charge on any atom is -0.475 e. The van der Waals surface area contributed by atoms with Gasteiger partial charge in [-0.15, -0.1) is 0 Å². The number of hydrogen-bond acceptors (Lipinski definition) is 6. The summed E-state index contributed by atoms with van der Waals surface area (Å²) in [5.74, 6) is -2.66. The van der Waals surface area contributed by atoms with E-state index in [2.05, 4.69) is 15.0 Å². The largest absolute Gasteiger partial charge is 0.490 e. The first-order chi connectivity index (χ1) is 15.6. The molecule has 1 spiro atoms. The Kier molecular flexibility index (Phi) is 7.24. The van der Waals surface area contributed by atoms with Crippen LogP contribution in [0.5, 0.6) is 0 Å². The number of nitrogens with zero attached hydrogens (tertiary/aromatic N) is 5. The van der Waals surface area contributed by atoms with Gasteiger partial charge in [-0.25, -0.2) is 9.78 Å². The number of amides is 2. The lowest BCUT2D eigenvalue weighted by Gasteiger charge is -2.37. The van der Waals surface area contributed by atoms with E-state index in [4.69, 9.17) is 9.90 Å². The standard InChI is InChI=1S/C19H21N5O2.C2HF3O2/c25-17(16-13-20-8-9-22-16)23-10-4-19(5-11-23)6-12-24(18(19)26)14-15-3-1-2-7-21-15;3-2(4,5)1(6)7/h1-3,7-9,13H,4-6,10-12,14H2;(H,6,7). The molecule has 4 heterocycles. The fourth-order valence-corrected chi connectivity index (χ4v) is 3.90. The number of carboxylic acids is 1. The van der Waals surface area contributed by atoms with Gasteiger partial charge in [-0.1, -0.05) is 6.07 Å². The van der Waals surface area contributed by atoms with Gasteiger partial charge in [-0.05, 0) is 31.4 Å². The Labute approximate surface area is 187 Å². The normalized spacial score (nSPS) is 17.5. The zero-order valence-corrected chi connectivity index (χ0v) is 17.5. The second kappa shape index (κ2) is 9.92. The number of aromatic nitrogens is 3. The van der Waals surface area contributed by atoms with Crippen molar-refractivity contribution in [1.29, 1.82) is 0 Å². The predicted octanol–water partition coefficient (Wildman–Crippen LogP) is 2.16. The van der Waals surface area contributed by atoms with Crippen molar-refractivity contribution in [3.8, 4) is 0 Å². The van der Waals surface area contributed by atoms with Gasteiger partial charge < -0.3 is 14.9 Å². The SMILES string of the molecule is O=C(O)C(F)(F)F.O=C(c1cnccn1)N1CCC2(CC1)CCN(Cc1ccccn1)C2=O. The third kappa shape index (κ3) is 5.82. The summed E-state index contributed by atoms with van der Waals surface area (Å²) in [6, 6.07) is 5.76. The maximum absolute atomic E-state index is 13.0. The van der Waals surface area contributed by atoms with Crippen LogP contribution in [0.1, 0.15) is 35.4 Å². The second-order valence-electron chi connectivity index (χ2n) is 7.76. The highest BCUT2D eigenvalue weighted by Crippen LogP contribution is 2.42. The molecule has 0 bridgehead atoms. The first-order valence-corrected chi connectivity index (χ1v) is 10.2. The average molecular weight is 465 g/mol. The lowest BCUT2D eigenvalue weighted by atomic mass is 9.77. The summed E-state index contributed by atoms with van der Waals surface area (Å²) in [6.07, 6.45) is 3.49. The van der Waals surface area contributed by atoms with Crippen molar-refractivity contribution in [3.63, 3.8) is 0 Å². The molecule has 0 aromatic carbocycles. The fourth-order valence-electron chi connectivity index (χ4n) is 3.90. The number of alkyl halides is 3. The third-order valence-corrected chi connectivity index (χ3v) is 5.71. The van der Waals surface area contributed by atoms with Gasteiger partial charge in [0, 0.05) is 38.2 Å². The van der Waals surface area contributed by atoms with E-state index in [9.17, 15) is 22.8 Å². The highest BCUT2D eigenvalue weighted by molar-refractivity contribution is 5.92. The zero-order chi connectivity index (χ0) is 24.1. The molecule has 2 aliphatic heterocycles. The maximum Gasteiger partial charge on any atom is 0.490 e. The molecule has 2 aromatic heterocycles. The Bertz CT molecular complexity index is 980. The van der Waals surface area contributed by atoms with Crippen molar-refractivity contribution in [1.82, 2.24) is 24.8 Å². The first-order valence-electron chi connectivity index (χ1n) is 10.2. The van der Waals surface area contributed by atoms with Gasteiger partial charge in [0.15, 0.2) is 0 Å². The second-order valence-corrected chi connectivity index (χ2v) is 7.76. The van der Waals surface area contributed by atoms with E-state index in [1.807, 2.05) is 23.1 Å². The van der Waals surface area contributed by atoms with E-state index in [1.165, 1.54) is 12.4 Å². The highest BCUT2D eigenvalue weighted by Gasteiger charge is 2.48. The summed E-state index contributed by atoms with van der Waals surface area (Å²) < 4.78 is 31.7. The van der Waals surface area contributed by atoms with Crippen LogP contribution >= 0.6 is 0 Å². The van der Waals surface area contributed by atoms with E-state index in [0.29, 0.717) is 38.2 Å². The smallest absolute Gasteiger partial charge is 0.475 e. The number of carbonyl (C=O) groups excluding carboxylic acids is 2. The summed E-state index contributed by atoms with van der Waals surface area (Å²) in [7, 11) is 0. The molecule has 2 amide bonds. The number of pyridine rings is 1. The summed E-state index contributed by atoms with van der Waals surface area (Å²) in [6.45, 7) is 2.48. The molecule has 176 valence electrons. The molecule has 2 saturated heterocycles. The minimum atomic E-state index is -5.08. The summed E-state index contributed by atoms with van der Waals surface area (Å²) in [4.78, 5) is 50.5. The number of halogens is 3. The van der Waals surface area contributed by atoms with Crippen molar-refractivity contribution in [2.45, 2.75) is 32.0 Å². The molecule has 0 aliphatic carbocycles. The summed E-state index contributed by atoms with van der Waals surface area (Å²) >= 11 is 0. The van der Waals surface area contributed by atoms with Crippen molar-refractivity contribution in [2.24, 2.45) is 5.41 Å². The van der Waals surface area contributed by atoms with E-state index in [1.54, 1.807) is 17.3 Å². The Morgan fingerprint density at radius 3 is 2.24 bits per heavy atom. The Morgan fingerprint density at radius 1 is 1.03 bits per heavy atom. The van der Waals surface area contributed by atoms with Crippen molar-refractivity contribution in [3.05, 3.63) is 54.4 Å². The Balaban J connectivity index is 0.000000383. The Morgan fingerprint density at radius 2 is 1.70 bits per heavy atom. The highest BCUT2D eigenvalue weighted by atomic mass is 19.4. The van der Waals surface area contributed by atoms with Crippen molar-refractivity contribution >= 4 is 17.8 Å². The molecule has 9 nitrogen and oxygen atoms in total. The molecule has 4 rings (SSSR count). The zero-order valence-electron chi connectivity index (χ0n) is 17.5. The van der Waals surface area contributed by atoms with Gasteiger partial charge in [0.25, 0.3) is 5.91 Å². The van der Waals surface area contributed by atoms with Crippen LogP contribution < -0.4 is 0 Å². The summed E-state index contributed by atoms with van der Waals surface area (Å²) in [5, 5.41) is 7.12. The van der Waals surface area contributed by atoms with Gasteiger partial charge in [0.1, 0.15) is 5.69 Å². The lowest BCUT2D eigenvalue weighted by Crippen LogP contribution is -2.46. The maximum atomic E-state index is 13.0. The number of carboxylic acid groups (broad SMARTS) is 1.